The Morgan fingerprint density at radius 2 is 2.16 bits per heavy atom. The fourth-order valence-electron chi connectivity index (χ4n) is 2.73. The Balaban J connectivity index is 2.05. The van der Waals surface area contributed by atoms with Gasteiger partial charge in [-0.3, -0.25) is 10.1 Å². The van der Waals surface area contributed by atoms with Gasteiger partial charge < -0.3 is 10.5 Å². The maximum atomic E-state index is 11.0. The molecule has 0 saturated heterocycles. The first-order chi connectivity index (χ1) is 9.11. The minimum Gasteiger partial charge on any atom is -0.487 e. The monoisotopic (exact) mass is 264 g/mol. The highest BCUT2D eigenvalue weighted by molar-refractivity contribution is 5.48. The second-order valence-corrected chi connectivity index (χ2v) is 5.23. The van der Waals surface area contributed by atoms with E-state index < -0.39 is 4.92 Å². The summed E-state index contributed by atoms with van der Waals surface area (Å²) in [5, 5.41) is 11.0. The van der Waals surface area contributed by atoms with Gasteiger partial charge in [-0.1, -0.05) is 12.5 Å². The maximum Gasteiger partial charge on any atom is 0.311 e. The molecule has 0 heterocycles. The van der Waals surface area contributed by atoms with Gasteiger partial charge in [0, 0.05) is 6.07 Å². The summed E-state index contributed by atoms with van der Waals surface area (Å²) in [4.78, 5) is 10.6. The lowest BCUT2D eigenvalue weighted by atomic mass is 9.97. The fourth-order valence-corrected chi connectivity index (χ4v) is 2.73. The summed E-state index contributed by atoms with van der Waals surface area (Å²) < 4.78 is 5.67. The van der Waals surface area contributed by atoms with E-state index in [2.05, 4.69) is 0 Å². The van der Waals surface area contributed by atoms with Crippen molar-refractivity contribution < 1.29 is 9.66 Å². The summed E-state index contributed by atoms with van der Waals surface area (Å²) in [6.07, 6.45) is 3.41. The number of aryl methyl sites for hydroxylation is 1. The molecular formula is C14H20N2O3. The third-order valence-electron chi connectivity index (χ3n) is 3.88. The van der Waals surface area contributed by atoms with E-state index in [0.29, 0.717) is 30.7 Å². The van der Waals surface area contributed by atoms with Crippen molar-refractivity contribution in [2.24, 2.45) is 17.6 Å². The standard InChI is InChI=1S/C14H20N2O3/c1-10-5-6-14(13(7-10)16(17)18)19-9-12-4-2-3-11(12)8-15/h5-7,11-12H,2-4,8-9,15H2,1H3. The van der Waals surface area contributed by atoms with E-state index in [0.717, 1.165) is 18.4 Å². The summed E-state index contributed by atoms with van der Waals surface area (Å²) in [6.45, 7) is 3.02. The van der Waals surface area contributed by atoms with Gasteiger partial charge in [0.1, 0.15) is 0 Å². The van der Waals surface area contributed by atoms with E-state index >= 15 is 0 Å². The Hall–Kier alpha value is -1.62. The highest BCUT2D eigenvalue weighted by Gasteiger charge is 2.27. The molecule has 0 spiro atoms. The lowest BCUT2D eigenvalue weighted by molar-refractivity contribution is -0.386. The molecule has 1 aliphatic rings. The smallest absolute Gasteiger partial charge is 0.311 e. The number of nitrogens with zero attached hydrogens (tertiary/aromatic N) is 1. The van der Waals surface area contributed by atoms with E-state index in [1.54, 1.807) is 12.1 Å². The first-order valence-corrected chi connectivity index (χ1v) is 6.69. The third kappa shape index (κ3) is 3.23. The van der Waals surface area contributed by atoms with Gasteiger partial charge in [-0.25, -0.2) is 0 Å². The molecule has 0 aromatic heterocycles. The van der Waals surface area contributed by atoms with E-state index in [1.165, 1.54) is 6.42 Å². The molecule has 19 heavy (non-hydrogen) atoms. The van der Waals surface area contributed by atoms with Crippen molar-refractivity contribution in [3.05, 3.63) is 33.9 Å². The summed E-state index contributed by atoms with van der Waals surface area (Å²) >= 11 is 0. The second-order valence-electron chi connectivity index (χ2n) is 5.23. The SMILES string of the molecule is Cc1ccc(OCC2CCCC2CN)c([N+](=O)[O-])c1. The average molecular weight is 264 g/mol. The Bertz CT molecular complexity index is 462. The lowest BCUT2D eigenvalue weighted by Gasteiger charge is -2.18. The van der Waals surface area contributed by atoms with Crippen molar-refractivity contribution in [2.75, 3.05) is 13.2 Å². The van der Waals surface area contributed by atoms with E-state index in [4.69, 9.17) is 10.5 Å². The number of hydrogen-bond acceptors (Lipinski definition) is 4. The lowest BCUT2D eigenvalue weighted by Crippen LogP contribution is -2.23. The molecule has 2 unspecified atom stereocenters. The molecule has 1 saturated carbocycles. The first kappa shape index (κ1) is 13.8. The number of ether oxygens (including phenoxy) is 1. The first-order valence-electron chi connectivity index (χ1n) is 6.69. The van der Waals surface area contributed by atoms with Crippen molar-refractivity contribution in [3.8, 4) is 5.75 Å². The molecule has 0 bridgehead atoms. The Morgan fingerprint density at radius 1 is 1.42 bits per heavy atom. The van der Waals surface area contributed by atoms with Gasteiger partial charge in [0.2, 0.25) is 0 Å². The molecule has 5 heteroatoms. The molecule has 1 aromatic rings. The third-order valence-corrected chi connectivity index (χ3v) is 3.88. The zero-order valence-electron chi connectivity index (χ0n) is 11.2. The summed E-state index contributed by atoms with van der Waals surface area (Å²) in [5.41, 5.74) is 6.63. The summed E-state index contributed by atoms with van der Waals surface area (Å²) in [5.74, 6) is 1.27. The van der Waals surface area contributed by atoms with Gasteiger partial charge in [-0.15, -0.1) is 0 Å². The van der Waals surface area contributed by atoms with Crippen LogP contribution in [0.15, 0.2) is 18.2 Å². The van der Waals surface area contributed by atoms with Gasteiger partial charge in [-0.2, -0.15) is 0 Å². The fraction of sp³-hybridized carbons (Fsp3) is 0.571. The average Bonchev–Trinajstić information content (AvgIpc) is 2.84. The van der Waals surface area contributed by atoms with Crippen LogP contribution in [0.25, 0.3) is 0 Å². The molecule has 5 nitrogen and oxygen atoms in total. The van der Waals surface area contributed by atoms with Crippen molar-refractivity contribution >= 4 is 5.69 Å². The van der Waals surface area contributed by atoms with Crippen molar-refractivity contribution in [1.82, 2.24) is 0 Å². The molecular weight excluding hydrogens is 244 g/mol. The number of nitro benzene ring substituents is 1. The van der Waals surface area contributed by atoms with Gasteiger partial charge in [0.05, 0.1) is 11.5 Å². The van der Waals surface area contributed by atoms with E-state index in [9.17, 15) is 10.1 Å². The highest BCUT2D eigenvalue weighted by Crippen LogP contribution is 2.33. The second kappa shape index (κ2) is 6.02. The molecule has 1 aromatic carbocycles. The van der Waals surface area contributed by atoms with E-state index in [1.807, 2.05) is 13.0 Å². The molecule has 104 valence electrons. The number of hydrogen-bond donors (Lipinski definition) is 1. The Labute approximate surface area is 112 Å². The van der Waals surface area contributed by atoms with Crippen LogP contribution >= 0.6 is 0 Å². The predicted octanol–water partition coefficient (Wildman–Crippen LogP) is 2.66. The normalized spacial score (nSPS) is 22.4. The Kier molecular flexibility index (Phi) is 4.37. The quantitative estimate of drug-likeness (QED) is 0.655. The van der Waals surface area contributed by atoms with Crippen LogP contribution in [0.4, 0.5) is 5.69 Å². The molecule has 1 aliphatic carbocycles. The van der Waals surface area contributed by atoms with Crippen LogP contribution in [0, 0.1) is 28.9 Å². The zero-order valence-corrected chi connectivity index (χ0v) is 11.2. The van der Waals surface area contributed by atoms with Crippen molar-refractivity contribution in [3.63, 3.8) is 0 Å². The molecule has 0 aliphatic heterocycles. The van der Waals surface area contributed by atoms with Crippen LogP contribution in [0.3, 0.4) is 0 Å². The summed E-state index contributed by atoms with van der Waals surface area (Å²) in [7, 11) is 0. The number of nitrogens with two attached hydrogens (primary N) is 1. The molecule has 0 amide bonds. The predicted molar refractivity (Wildman–Crippen MR) is 73.2 cm³/mol. The Morgan fingerprint density at radius 3 is 2.84 bits per heavy atom. The molecule has 1 fully saturated rings. The van der Waals surface area contributed by atoms with Crippen LogP contribution in [0.1, 0.15) is 24.8 Å². The van der Waals surface area contributed by atoms with Crippen LogP contribution in [-0.4, -0.2) is 18.1 Å². The molecule has 2 atom stereocenters. The minimum atomic E-state index is -0.391. The van der Waals surface area contributed by atoms with Crippen molar-refractivity contribution in [1.29, 1.82) is 0 Å². The van der Waals surface area contributed by atoms with Crippen LogP contribution in [-0.2, 0) is 0 Å². The summed E-state index contributed by atoms with van der Waals surface area (Å²) in [6, 6.07) is 5.06. The zero-order chi connectivity index (χ0) is 13.8. The van der Waals surface area contributed by atoms with E-state index in [-0.39, 0.29) is 5.69 Å². The number of rotatable bonds is 5. The largest absolute Gasteiger partial charge is 0.487 e. The van der Waals surface area contributed by atoms with Crippen LogP contribution < -0.4 is 10.5 Å². The van der Waals surface area contributed by atoms with Crippen LogP contribution in [0.2, 0.25) is 0 Å². The van der Waals surface area contributed by atoms with Gasteiger partial charge in [-0.05, 0) is 49.8 Å². The number of nitro groups is 1. The maximum absolute atomic E-state index is 11.0. The molecule has 2 rings (SSSR count). The number of benzene rings is 1. The topological polar surface area (TPSA) is 78.4 Å². The minimum absolute atomic E-state index is 0.0438. The van der Waals surface area contributed by atoms with Gasteiger partial charge in [0.15, 0.2) is 5.75 Å². The highest BCUT2D eigenvalue weighted by atomic mass is 16.6. The van der Waals surface area contributed by atoms with Crippen molar-refractivity contribution in [2.45, 2.75) is 26.2 Å². The van der Waals surface area contributed by atoms with Crippen LogP contribution in [0.5, 0.6) is 5.75 Å². The molecule has 0 radical (unpaired) electrons. The molecule has 2 N–H and O–H groups in total. The van der Waals surface area contributed by atoms with Gasteiger partial charge in [0.25, 0.3) is 0 Å². The van der Waals surface area contributed by atoms with Gasteiger partial charge >= 0.3 is 5.69 Å².